The van der Waals surface area contributed by atoms with E-state index in [0.717, 1.165) is 5.56 Å². The molecule has 1 saturated heterocycles. The fraction of sp³-hybridized carbons (Fsp3) is 0.310. The highest BCUT2D eigenvalue weighted by Gasteiger charge is 2.33. The van der Waals surface area contributed by atoms with Crippen molar-refractivity contribution in [3.05, 3.63) is 94.5 Å². The van der Waals surface area contributed by atoms with Gasteiger partial charge in [0.05, 0.1) is 10.8 Å². The monoisotopic (exact) mass is 538 g/mol. The molecule has 8 heteroatoms. The van der Waals surface area contributed by atoms with Gasteiger partial charge in [-0.05, 0) is 60.2 Å². The second kappa shape index (κ2) is 10.8. The number of halogens is 1. The Labute approximate surface area is 223 Å². The molecule has 0 saturated carbocycles. The molecule has 1 fully saturated rings. The molecule has 1 amide bonds. The summed E-state index contributed by atoms with van der Waals surface area (Å²) in [7, 11) is -3.73. The fourth-order valence-electron chi connectivity index (χ4n) is 4.40. The van der Waals surface area contributed by atoms with Crippen LogP contribution in [0.3, 0.4) is 0 Å². The number of carbonyl (C=O) groups excluding carboxylic acids is 2. The summed E-state index contributed by atoms with van der Waals surface area (Å²) in [5.41, 5.74) is 2.68. The van der Waals surface area contributed by atoms with Crippen LogP contribution in [0, 0.1) is 5.92 Å². The molecule has 0 aromatic heterocycles. The van der Waals surface area contributed by atoms with Crippen molar-refractivity contribution in [2.24, 2.45) is 5.92 Å². The summed E-state index contributed by atoms with van der Waals surface area (Å²) >= 11 is 5.89. The van der Waals surface area contributed by atoms with E-state index < -0.39 is 15.9 Å². The van der Waals surface area contributed by atoms with E-state index in [1.54, 1.807) is 24.3 Å². The van der Waals surface area contributed by atoms with Gasteiger partial charge in [0.1, 0.15) is 0 Å². The molecule has 3 aromatic carbocycles. The Bertz CT molecular complexity index is 1400. The molecule has 3 aromatic rings. The average molecular weight is 539 g/mol. The number of amides is 1. The molecule has 37 heavy (non-hydrogen) atoms. The van der Waals surface area contributed by atoms with E-state index in [4.69, 9.17) is 11.6 Å². The number of nitrogens with zero attached hydrogens (tertiary/aromatic N) is 1. The summed E-state index contributed by atoms with van der Waals surface area (Å²) < 4.78 is 27.5. The van der Waals surface area contributed by atoms with Crippen LogP contribution in [-0.4, -0.2) is 37.5 Å². The molecule has 0 spiro atoms. The van der Waals surface area contributed by atoms with Crippen molar-refractivity contribution < 1.29 is 18.0 Å². The summed E-state index contributed by atoms with van der Waals surface area (Å²) in [6, 6.07) is 20.4. The van der Waals surface area contributed by atoms with Gasteiger partial charge in [-0.15, -0.1) is 0 Å². The number of hydrogen-bond acceptors (Lipinski definition) is 4. The van der Waals surface area contributed by atoms with Gasteiger partial charge in [-0.1, -0.05) is 68.8 Å². The van der Waals surface area contributed by atoms with Crippen molar-refractivity contribution >= 4 is 39.0 Å². The third-order valence-corrected chi connectivity index (χ3v) is 8.74. The number of piperidine rings is 1. The van der Waals surface area contributed by atoms with Crippen LogP contribution in [0.25, 0.3) is 0 Å². The quantitative estimate of drug-likeness (QED) is 0.395. The van der Waals surface area contributed by atoms with Crippen LogP contribution in [0.2, 0.25) is 5.02 Å². The molecular formula is C29H31ClN2O4S. The lowest BCUT2D eigenvalue weighted by Gasteiger charge is -2.31. The fourth-order valence-corrected chi connectivity index (χ4v) is 6.05. The number of nitrogens with one attached hydrogen (secondary N) is 1. The minimum atomic E-state index is -3.73. The van der Waals surface area contributed by atoms with Crippen molar-refractivity contribution in [2.75, 3.05) is 18.4 Å². The zero-order valence-corrected chi connectivity index (χ0v) is 22.8. The molecular weight excluding hydrogens is 508 g/mol. The van der Waals surface area contributed by atoms with Crippen LogP contribution in [0.1, 0.15) is 55.1 Å². The van der Waals surface area contributed by atoms with Crippen LogP contribution in [0.15, 0.2) is 77.7 Å². The first-order valence-electron chi connectivity index (χ1n) is 12.3. The van der Waals surface area contributed by atoms with E-state index in [0.29, 0.717) is 41.2 Å². The lowest BCUT2D eigenvalue weighted by atomic mass is 9.86. The van der Waals surface area contributed by atoms with Gasteiger partial charge in [0.15, 0.2) is 5.78 Å². The molecule has 1 atom stereocenters. The molecule has 0 bridgehead atoms. The number of anilines is 1. The lowest BCUT2D eigenvalue weighted by Crippen LogP contribution is -2.43. The van der Waals surface area contributed by atoms with Crippen molar-refractivity contribution in [3.63, 3.8) is 0 Å². The first kappa shape index (κ1) is 27.0. The Hall–Kier alpha value is -3.00. The molecule has 0 aliphatic carbocycles. The van der Waals surface area contributed by atoms with Crippen molar-refractivity contribution in [1.82, 2.24) is 4.31 Å². The van der Waals surface area contributed by atoms with E-state index in [1.807, 2.05) is 24.3 Å². The minimum Gasteiger partial charge on any atom is -0.326 e. The van der Waals surface area contributed by atoms with Gasteiger partial charge in [0.25, 0.3) is 0 Å². The summed E-state index contributed by atoms with van der Waals surface area (Å²) in [6.07, 6.45) is 1.16. The number of hydrogen-bond donors (Lipinski definition) is 1. The normalized spacial score (nSPS) is 16.8. The van der Waals surface area contributed by atoms with E-state index in [1.165, 1.54) is 28.6 Å². The third kappa shape index (κ3) is 6.29. The van der Waals surface area contributed by atoms with E-state index in [9.17, 15) is 18.0 Å². The van der Waals surface area contributed by atoms with Crippen LogP contribution < -0.4 is 5.32 Å². The molecule has 1 aliphatic rings. The second-order valence-electron chi connectivity index (χ2n) is 10.4. The number of carbonyl (C=O) groups is 2. The largest absolute Gasteiger partial charge is 0.326 e. The zero-order valence-electron chi connectivity index (χ0n) is 21.2. The van der Waals surface area contributed by atoms with Crippen LogP contribution in [-0.2, 0) is 20.2 Å². The van der Waals surface area contributed by atoms with E-state index in [2.05, 4.69) is 26.1 Å². The first-order chi connectivity index (χ1) is 17.4. The van der Waals surface area contributed by atoms with Gasteiger partial charge in [-0.25, -0.2) is 8.42 Å². The van der Waals surface area contributed by atoms with Crippen LogP contribution >= 0.6 is 11.6 Å². The third-order valence-electron chi connectivity index (χ3n) is 6.61. The average Bonchev–Trinajstić information content (AvgIpc) is 2.88. The smallest absolute Gasteiger partial charge is 0.243 e. The van der Waals surface area contributed by atoms with Gasteiger partial charge >= 0.3 is 0 Å². The number of ketones is 1. The van der Waals surface area contributed by atoms with Crippen molar-refractivity contribution in [1.29, 1.82) is 0 Å². The van der Waals surface area contributed by atoms with Gasteiger partial charge in [-0.2, -0.15) is 4.31 Å². The van der Waals surface area contributed by atoms with Crippen LogP contribution in [0.5, 0.6) is 0 Å². The van der Waals surface area contributed by atoms with Gasteiger partial charge in [0, 0.05) is 34.9 Å². The number of sulfonamides is 1. The molecule has 1 N–H and O–H groups in total. The molecule has 6 nitrogen and oxygen atoms in total. The highest BCUT2D eigenvalue weighted by atomic mass is 35.5. The van der Waals surface area contributed by atoms with E-state index >= 15 is 0 Å². The van der Waals surface area contributed by atoms with Crippen molar-refractivity contribution in [3.8, 4) is 0 Å². The summed E-state index contributed by atoms with van der Waals surface area (Å²) in [6.45, 7) is 6.81. The lowest BCUT2D eigenvalue weighted by molar-refractivity contribution is -0.120. The maximum atomic E-state index is 13.1. The molecule has 1 aliphatic heterocycles. The zero-order chi connectivity index (χ0) is 26.8. The Morgan fingerprint density at radius 3 is 2.27 bits per heavy atom. The highest BCUT2D eigenvalue weighted by Crippen LogP contribution is 2.27. The maximum Gasteiger partial charge on any atom is 0.243 e. The predicted octanol–water partition coefficient (Wildman–Crippen LogP) is 5.91. The molecule has 194 valence electrons. The van der Waals surface area contributed by atoms with Gasteiger partial charge in [0.2, 0.25) is 15.9 Å². The Balaban J connectivity index is 1.44. The SMILES string of the molecule is CC(C)(C)c1ccc(C(=O)c2cccc(NC(=O)[C@H]3CCCN(S(=O)(=O)c4ccc(Cl)cc4)C3)c2)cc1. The Morgan fingerprint density at radius 1 is 0.946 bits per heavy atom. The molecule has 0 unspecified atom stereocenters. The summed E-state index contributed by atoms with van der Waals surface area (Å²) in [4.78, 5) is 26.3. The standard InChI is InChI=1S/C29H31ClN2O4S/c1-29(2,3)23-11-9-20(10-12-23)27(33)21-6-4-8-25(18-21)31-28(34)22-7-5-17-32(19-22)37(35,36)26-15-13-24(30)14-16-26/h4,6,8-16,18,22H,5,7,17,19H2,1-3H3,(H,31,34)/t22-/m0/s1. The summed E-state index contributed by atoms with van der Waals surface area (Å²) in [5, 5.41) is 3.33. The molecule has 1 heterocycles. The number of rotatable bonds is 6. The minimum absolute atomic E-state index is 0.00533. The number of benzene rings is 3. The maximum absolute atomic E-state index is 13.1. The second-order valence-corrected chi connectivity index (χ2v) is 12.8. The van der Waals surface area contributed by atoms with Crippen molar-refractivity contribution in [2.45, 2.75) is 43.9 Å². The Morgan fingerprint density at radius 2 is 1.62 bits per heavy atom. The predicted molar refractivity (Wildman–Crippen MR) is 147 cm³/mol. The highest BCUT2D eigenvalue weighted by molar-refractivity contribution is 7.89. The molecule has 0 radical (unpaired) electrons. The van der Waals surface area contributed by atoms with Gasteiger partial charge < -0.3 is 5.32 Å². The first-order valence-corrected chi connectivity index (χ1v) is 14.1. The summed E-state index contributed by atoms with van der Waals surface area (Å²) in [5.74, 6) is -0.898. The topological polar surface area (TPSA) is 83.6 Å². The van der Waals surface area contributed by atoms with Gasteiger partial charge in [-0.3, -0.25) is 9.59 Å². The van der Waals surface area contributed by atoms with E-state index in [-0.39, 0.29) is 28.5 Å². The van der Waals surface area contributed by atoms with Crippen LogP contribution in [0.4, 0.5) is 5.69 Å². The molecule has 4 rings (SSSR count). The Kier molecular flexibility index (Phi) is 7.88.